The van der Waals surface area contributed by atoms with Gasteiger partial charge in [0.2, 0.25) is 0 Å². The number of nitrogens with one attached hydrogen (secondary N) is 1. The molecule has 0 saturated carbocycles. The molecule has 0 spiro atoms. The molecule has 35 heavy (non-hydrogen) atoms. The largest absolute Gasteiger partial charge is 0.497 e. The highest BCUT2D eigenvalue weighted by molar-refractivity contribution is 5.95. The molecule has 1 aliphatic heterocycles. The molecule has 1 fully saturated rings. The second kappa shape index (κ2) is 11.3. The van der Waals surface area contributed by atoms with Crippen molar-refractivity contribution in [1.82, 2.24) is 4.90 Å². The van der Waals surface area contributed by atoms with E-state index >= 15 is 0 Å². The molecule has 0 amide bonds. The smallest absolute Gasteiger partial charge is 0.335 e. The average molecular weight is 475 g/mol. The molecule has 182 valence electrons. The van der Waals surface area contributed by atoms with E-state index in [1.165, 1.54) is 0 Å². The number of benzene rings is 3. The predicted molar refractivity (Wildman–Crippen MR) is 138 cm³/mol. The molecule has 3 aromatic rings. The molecule has 3 aromatic carbocycles. The van der Waals surface area contributed by atoms with Crippen LogP contribution < -0.4 is 19.7 Å². The van der Waals surface area contributed by atoms with Crippen molar-refractivity contribution in [2.75, 3.05) is 50.6 Å². The van der Waals surface area contributed by atoms with Crippen molar-refractivity contribution in [2.45, 2.75) is 6.54 Å². The Hall–Kier alpha value is -4.20. The molecule has 8 nitrogen and oxygen atoms in total. The number of hydrogen-bond acceptors (Lipinski definition) is 5. The number of piperazine rings is 1. The molecular formula is C27H30N4O4. The van der Waals surface area contributed by atoms with Gasteiger partial charge >= 0.3 is 5.97 Å². The molecule has 1 aliphatic rings. The second-order valence-electron chi connectivity index (χ2n) is 8.14. The third-order valence-corrected chi connectivity index (χ3v) is 5.94. The topological polar surface area (TPSA) is 86.6 Å². The maximum absolute atomic E-state index is 11.2. The number of carboxylic acid groups (broad SMARTS) is 1. The van der Waals surface area contributed by atoms with Gasteiger partial charge < -0.3 is 29.7 Å². The van der Waals surface area contributed by atoms with Crippen LogP contribution in [0.2, 0.25) is 0 Å². The minimum Gasteiger partial charge on any atom is -0.497 e. The van der Waals surface area contributed by atoms with Crippen molar-refractivity contribution in [2.24, 2.45) is 4.99 Å². The Balaban J connectivity index is 1.52. The Kier molecular flexibility index (Phi) is 7.72. The van der Waals surface area contributed by atoms with E-state index in [9.17, 15) is 9.90 Å². The number of nitrogens with zero attached hydrogens (tertiary/aromatic N) is 3. The van der Waals surface area contributed by atoms with Crippen LogP contribution in [0.25, 0.3) is 0 Å². The number of hydrogen-bond donors (Lipinski definition) is 2. The van der Waals surface area contributed by atoms with Crippen LogP contribution in [0.3, 0.4) is 0 Å². The van der Waals surface area contributed by atoms with Gasteiger partial charge in [-0.1, -0.05) is 24.3 Å². The van der Waals surface area contributed by atoms with E-state index in [-0.39, 0.29) is 5.56 Å². The summed E-state index contributed by atoms with van der Waals surface area (Å²) >= 11 is 0. The first-order valence-electron chi connectivity index (χ1n) is 11.5. The van der Waals surface area contributed by atoms with E-state index in [0.29, 0.717) is 6.54 Å². The average Bonchev–Trinajstić information content (AvgIpc) is 2.91. The van der Waals surface area contributed by atoms with Gasteiger partial charge in [-0.15, -0.1) is 0 Å². The lowest BCUT2D eigenvalue weighted by Gasteiger charge is -2.38. The number of guanidine groups is 1. The fraction of sp³-hybridized carbons (Fsp3) is 0.259. The van der Waals surface area contributed by atoms with E-state index in [1.54, 1.807) is 38.5 Å². The first kappa shape index (κ1) is 23.9. The maximum Gasteiger partial charge on any atom is 0.335 e. The third kappa shape index (κ3) is 6.03. The summed E-state index contributed by atoms with van der Waals surface area (Å²) in [5.74, 6) is 1.46. The number of ether oxygens (including phenoxy) is 2. The summed E-state index contributed by atoms with van der Waals surface area (Å²) in [6.45, 7) is 3.67. The number of para-hydroxylation sites is 2. The minimum absolute atomic E-state index is 0.246. The fourth-order valence-electron chi connectivity index (χ4n) is 4.03. The molecule has 1 saturated heterocycles. The zero-order chi connectivity index (χ0) is 24.6. The molecule has 0 unspecified atom stereocenters. The molecular weight excluding hydrogens is 444 g/mol. The fourth-order valence-corrected chi connectivity index (χ4v) is 4.03. The van der Waals surface area contributed by atoms with Crippen molar-refractivity contribution in [3.63, 3.8) is 0 Å². The standard InChI is InChI=1S/C27H30N4O4/c1-34-23-7-5-6-20(18-23)19-28-27(29-22-12-10-21(11-13-22)26(32)33)31-16-14-30(15-17-31)24-8-3-4-9-25(24)35-2/h3-13,18H,14-17,19H2,1-2H3,(H,28,29)(H,32,33). The van der Waals surface area contributed by atoms with E-state index in [2.05, 4.69) is 21.2 Å². The maximum atomic E-state index is 11.2. The lowest BCUT2D eigenvalue weighted by atomic mass is 10.2. The van der Waals surface area contributed by atoms with Crippen LogP contribution >= 0.6 is 0 Å². The number of aromatic carboxylic acids is 1. The number of rotatable bonds is 7. The Bertz CT molecular complexity index is 1170. The van der Waals surface area contributed by atoms with Gasteiger partial charge in [-0.3, -0.25) is 0 Å². The molecule has 0 aliphatic carbocycles. The molecule has 0 radical (unpaired) electrons. The zero-order valence-corrected chi connectivity index (χ0v) is 20.0. The van der Waals surface area contributed by atoms with E-state index in [4.69, 9.17) is 14.5 Å². The second-order valence-corrected chi connectivity index (χ2v) is 8.14. The Labute approximate surface area is 205 Å². The van der Waals surface area contributed by atoms with E-state index < -0.39 is 5.97 Å². The highest BCUT2D eigenvalue weighted by Gasteiger charge is 2.22. The van der Waals surface area contributed by atoms with Crippen molar-refractivity contribution in [3.05, 3.63) is 83.9 Å². The van der Waals surface area contributed by atoms with Gasteiger partial charge in [0.25, 0.3) is 0 Å². The summed E-state index contributed by atoms with van der Waals surface area (Å²) in [7, 11) is 3.34. The summed E-state index contributed by atoms with van der Waals surface area (Å²) in [5, 5.41) is 12.6. The summed E-state index contributed by atoms with van der Waals surface area (Å²) in [5.41, 5.74) is 3.15. The lowest BCUT2D eigenvalue weighted by Crippen LogP contribution is -2.50. The number of anilines is 2. The predicted octanol–water partition coefficient (Wildman–Crippen LogP) is 4.19. The summed E-state index contributed by atoms with van der Waals surface area (Å²) in [4.78, 5) is 20.6. The van der Waals surface area contributed by atoms with Crippen LogP contribution in [0, 0.1) is 0 Å². The highest BCUT2D eigenvalue weighted by Crippen LogP contribution is 2.28. The monoisotopic (exact) mass is 474 g/mol. The Morgan fingerprint density at radius 1 is 0.943 bits per heavy atom. The van der Waals surface area contributed by atoms with Gasteiger partial charge in [-0.25, -0.2) is 9.79 Å². The van der Waals surface area contributed by atoms with Crippen LogP contribution in [-0.4, -0.2) is 62.3 Å². The zero-order valence-electron chi connectivity index (χ0n) is 20.0. The van der Waals surface area contributed by atoms with Crippen molar-refractivity contribution >= 4 is 23.3 Å². The van der Waals surface area contributed by atoms with Crippen molar-refractivity contribution in [3.8, 4) is 11.5 Å². The van der Waals surface area contributed by atoms with Gasteiger partial charge in [-0.05, 0) is 54.1 Å². The lowest BCUT2D eigenvalue weighted by molar-refractivity contribution is 0.0697. The summed E-state index contributed by atoms with van der Waals surface area (Å²) < 4.78 is 10.9. The van der Waals surface area contributed by atoms with Gasteiger partial charge in [0.1, 0.15) is 11.5 Å². The molecule has 0 bridgehead atoms. The SMILES string of the molecule is COc1cccc(CN=C(Nc2ccc(C(=O)O)cc2)N2CCN(c3ccccc3OC)CC2)c1. The molecule has 0 aromatic heterocycles. The Morgan fingerprint density at radius 2 is 1.69 bits per heavy atom. The number of carbonyl (C=O) groups is 1. The quantitative estimate of drug-likeness (QED) is 0.392. The van der Waals surface area contributed by atoms with Crippen LogP contribution in [0.5, 0.6) is 11.5 Å². The summed E-state index contributed by atoms with van der Waals surface area (Å²) in [6, 6.07) is 22.6. The molecule has 0 atom stereocenters. The van der Waals surface area contributed by atoms with Crippen LogP contribution in [0.1, 0.15) is 15.9 Å². The van der Waals surface area contributed by atoms with Crippen LogP contribution in [0.15, 0.2) is 77.8 Å². The van der Waals surface area contributed by atoms with Crippen molar-refractivity contribution < 1.29 is 19.4 Å². The molecule has 8 heteroatoms. The van der Waals surface area contributed by atoms with Gasteiger partial charge in [0.15, 0.2) is 5.96 Å². The first-order valence-corrected chi connectivity index (χ1v) is 11.5. The number of methoxy groups -OCH3 is 2. The first-order chi connectivity index (χ1) is 17.1. The van der Waals surface area contributed by atoms with Crippen LogP contribution in [-0.2, 0) is 6.54 Å². The van der Waals surface area contributed by atoms with E-state index in [1.807, 2.05) is 42.5 Å². The van der Waals surface area contributed by atoms with Crippen LogP contribution in [0.4, 0.5) is 11.4 Å². The third-order valence-electron chi connectivity index (χ3n) is 5.94. The minimum atomic E-state index is -0.948. The van der Waals surface area contributed by atoms with Crippen molar-refractivity contribution in [1.29, 1.82) is 0 Å². The van der Waals surface area contributed by atoms with Gasteiger partial charge in [0.05, 0.1) is 32.0 Å². The van der Waals surface area contributed by atoms with Gasteiger partial charge in [-0.2, -0.15) is 0 Å². The number of carboxylic acids is 1. The Morgan fingerprint density at radius 3 is 2.37 bits per heavy atom. The molecule has 2 N–H and O–H groups in total. The summed E-state index contributed by atoms with van der Waals surface area (Å²) in [6.07, 6.45) is 0. The number of aliphatic imine (C=N–C) groups is 1. The highest BCUT2D eigenvalue weighted by atomic mass is 16.5. The molecule has 4 rings (SSSR count). The van der Waals surface area contributed by atoms with E-state index in [0.717, 1.165) is 60.6 Å². The normalized spacial score (nSPS) is 13.9. The van der Waals surface area contributed by atoms with Gasteiger partial charge in [0, 0.05) is 31.9 Å². The molecule has 1 heterocycles.